The molecular weight excluding hydrogens is 338 g/mol. The summed E-state index contributed by atoms with van der Waals surface area (Å²) >= 11 is 0. The SMILES string of the molecule is CN(C)CCNC(=O)c1c2c(-c3ccccc3)ncnc2n2ccccc12. The highest BCUT2D eigenvalue weighted by molar-refractivity contribution is 6.16. The van der Waals surface area contributed by atoms with Crippen LogP contribution in [0.5, 0.6) is 0 Å². The number of amides is 1. The maximum atomic E-state index is 13.1. The normalized spacial score (nSPS) is 11.4. The van der Waals surface area contributed by atoms with Crippen molar-refractivity contribution in [1.29, 1.82) is 0 Å². The zero-order valence-corrected chi connectivity index (χ0v) is 15.4. The first-order chi connectivity index (χ1) is 13.2. The molecule has 3 heterocycles. The molecule has 0 aliphatic carbocycles. The van der Waals surface area contributed by atoms with Crippen molar-refractivity contribution in [2.75, 3.05) is 27.2 Å². The number of carbonyl (C=O) groups excluding carboxylic acids is 1. The van der Waals surface area contributed by atoms with Crippen LogP contribution in [-0.2, 0) is 0 Å². The Hall–Kier alpha value is -3.25. The number of nitrogens with zero attached hydrogens (tertiary/aromatic N) is 4. The van der Waals surface area contributed by atoms with Crippen LogP contribution in [0.2, 0.25) is 0 Å². The molecule has 0 saturated heterocycles. The number of likely N-dealkylation sites (N-methyl/N-ethyl adjacent to an activating group) is 1. The number of rotatable bonds is 5. The third-order valence-electron chi connectivity index (χ3n) is 4.54. The third kappa shape index (κ3) is 3.15. The van der Waals surface area contributed by atoms with Gasteiger partial charge >= 0.3 is 0 Å². The number of hydrogen-bond donors (Lipinski definition) is 1. The fourth-order valence-electron chi connectivity index (χ4n) is 3.27. The second-order valence-corrected chi connectivity index (χ2v) is 6.68. The molecule has 4 aromatic rings. The molecule has 0 fully saturated rings. The first-order valence-corrected chi connectivity index (χ1v) is 8.89. The van der Waals surface area contributed by atoms with Gasteiger partial charge in [0.05, 0.1) is 22.2 Å². The van der Waals surface area contributed by atoms with Crippen molar-refractivity contribution < 1.29 is 4.79 Å². The number of fused-ring (bicyclic) bond motifs is 3. The van der Waals surface area contributed by atoms with Gasteiger partial charge in [-0.1, -0.05) is 36.4 Å². The molecule has 0 unspecified atom stereocenters. The van der Waals surface area contributed by atoms with Crippen molar-refractivity contribution >= 4 is 22.5 Å². The standard InChI is InChI=1S/C21H21N5O/c1-25(2)13-11-22-21(27)17-16-10-6-7-12-26(16)20-18(17)19(23-14-24-20)15-8-4-3-5-9-15/h3-10,12,14H,11,13H2,1-2H3,(H,22,27). The topological polar surface area (TPSA) is 62.5 Å². The summed E-state index contributed by atoms with van der Waals surface area (Å²) in [6.07, 6.45) is 3.48. The highest BCUT2D eigenvalue weighted by Gasteiger charge is 2.22. The van der Waals surface area contributed by atoms with Gasteiger partial charge in [0.2, 0.25) is 0 Å². The molecule has 27 heavy (non-hydrogen) atoms. The van der Waals surface area contributed by atoms with E-state index in [0.717, 1.165) is 34.4 Å². The summed E-state index contributed by atoms with van der Waals surface area (Å²) in [5.41, 5.74) is 3.90. The quantitative estimate of drug-likeness (QED) is 0.595. The van der Waals surface area contributed by atoms with Crippen LogP contribution in [0.1, 0.15) is 10.4 Å². The first-order valence-electron chi connectivity index (χ1n) is 8.89. The van der Waals surface area contributed by atoms with E-state index in [1.165, 1.54) is 0 Å². The Morgan fingerprint density at radius 1 is 1.07 bits per heavy atom. The lowest BCUT2D eigenvalue weighted by atomic mass is 10.0. The third-order valence-corrected chi connectivity index (χ3v) is 4.54. The second-order valence-electron chi connectivity index (χ2n) is 6.68. The van der Waals surface area contributed by atoms with E-state index in [1.54, 1.807) is 6.33 Å². The largest absolute Gasteiger partial charge is 0.351 e. The lowest BCUT2D eigenvalue weighted by Gasteiger charge is -2.11. The Bertz CT molecular complexity index is 1100. The molecule has 6 heteroatoms. The molecule has 0 saturated carbocycles. The van der Waals surface area contributed by atoms with E-state index < -0.39 is 0 Å². The van der Waals surface area contributed by atoms with Gasteiger partial charge in [0.1, 0.15) is 12.0 Å². The van der Waals surface area contributed by atoms with Crippen LogP contribution in [0.4, 0.5) is 0 Å². The van der Waals surface area contributed by atoms with Crippen LogP contribution in [0.25, 0.3) is 27.8 Å². The Morgan fingerprint density at radius 3 is 2.63 bits per heavy atom. The number of aromatic nitrogens is 3. The maximum absolute atomic E-state index is 13.1. The number of hydrogen-bond acceptors (Lipinski definition) is 4. The van der Waals surface area contributed by atoms with E-state index in [1.807, 2.05) is 78.1 Å². The monoisotopic (exact) mass is 359 g/mol. The zero-order valence-electron chi connectivity index (χ0n) is 15.4. The van der Waals surface area contributed by atoms with E-state index in [4.69, 9.17) is 0 Å². The van der Waals surface area contributed by atoms with Crippen LogP contribution in [0.3, 0.4) is 0 Å². The summed E-state index contributed by atoms with van der Waals surface area (Å²) in [5, 5.41) is 3.81. The molecule has 1 aromatic carbocycles. The predicted octanol–water partition coefficient (Wildman–Crippen LogP) is 2.84. The van der Waals surface area contributed by atoms with Gasteiger partial charge in [-0.15, -0.1) is 0 Å². The van der Waals surface area contributed by atoms with Gasteiger partial charge in [-0.3, -0.25) is 4.79 Å². The van der Waals surface area contributed by atoms with Gasteiger partial charge in [-0.2, -0.15) is 0 Å². The Morgan fingerprint density at radius 2 is 1.85 bits per heavy atom. The molecule has 1 amide bonds. The number of benzene rings is 1. The Balaban J connectivity index is 1.93. The van der Waals surface area contributed by atoms with E-state index in [-0.39, 0.29) is 5.91 Å². The molecule has 0 bridgehead atoms. The van der Waals surface area contributed by atoms with E-state index in [2.05, 4.69) is 15.3 Å². The molecule has 0 atom stereocenters. The summed E-state index contributed by atoms with van der Waals surface area (Å²) in [7, 11) is 3.97. The molecule has 136 valence electrons. The smallest absolute Gasteiger partial charge is 0.254 e. The lowest BCUT2D eigenvalue weighted by Crippen LogP contribution is -2.31. The van der Waals surface area contributed by atoms with Crippen LogP contribution in [0.15, 0.2) is 61.1 Å². The van der Waals surface area contributed by atoms with Crippen LogP contribution >= 0.6 is 0 Å². The van der Waals surface area contributed by atoms with Gasteiger partial charge < -0.3 is 14.6 Å². The van der Waals surface area contributed by atoms with Crippen LogP contribution < -0.4 is 5.32 Å². The Kier molecular flexibility index (Phi) is 4.56. The van der Waals surface area contributed by atoms with Crippen molar-refractivity contribution in [1.82, 2.24) is 24.6 Å². The van der Waals surface area contributed by atoms with Crippen molar-refractivity contribution in [3.8, 4) is 11.3 Å². The molecule has 0 spiro atoms. The average Bonchev–Trinajstić information content (AvgIpc) is 3.03. The highest BCUT2D eigenvalue weighted by atomic mass is 16.1. The van der Waals surface area contributed by atoms with Crippen LogP contribution in [-0.4, -0.2) is 52.4 Å². The van der Waals surface area contributed by atoms with E-state index in [0.29, 0.717) is 12.1 Å². The summed E-state index contributed by atoms with van der Waals surface area (Å²) in [5.74, 6) is -0.109. The predicted molar refractivity (Wildman–Crippen MR) is 107 cm³/mol. The lowest BCUT2D eigenvalue weighted by molar-refractivity contribution is 0.0954. The first kappa shape index (κ1) is 17.2. The molecule has 0 radical (unpaired) electrons. The van der Waals surface area contributed by atoms with Crippen molar-refractivity contribution in [2.24, 2.45) is 0 Å². The van der Waals surface area contributed by atoms with Gasteiger partial charge in [-0.25, -0.2) is 9.97 Å². The summed E-state index contributed by atoms with van der Waals surface area (Å²) < 4.78 is 1.95. The average molecular weight is 359 g/mol. The number of carbonyl (C=O) groups is 1. The van der Waals surface area contributed by atoms with Crippen molar-refractivity contribution in [3.63, 3.8) is 0 Å². The molecule has 6 nitrogen and oxygen atoms in total. The number of nitrogens with one attached hydrogen (secondary N) is 1. The van der Waals surface area contributed by atoms with Gasteiger partial charge in [0.25, 0.3) is 5.91 Å². The summed E-state index contributed by atoms with van der Waals surface area (Å²) in [6, 6.07) is 15.7. The zero-order chi connectivity index (χ0) is 18.8. The fraction of sp³-hybridized carbons (Fsp3) is 0.190. The maximum Gasteiger partial charge on any atom is 0.254 e. The minimum atomic E-state index is -0.109. The van der Waals surface area contributed by atoms with Gasteiger partial charge in [-0.05, 0) is 26.2 Å². The van der Waals surface area contributed by atoms with Gasteiger partial charge in [0, 0.05) is 24.8 Å². The van der Waals surface area contributed by atoms with Crippen LogP contribution in [0, 0.1) is 0 Å². The molecule has 1 N–H and O–H groups in total. The van der Waals surface area contributed by atoms with Crippen molar-refractivity contribution in [3.05, 3.63) is 66.6 Å². The van der Waals surface area contributed by atoms with E-state index >= 15 is 0 Å². The fourth-order valence-corrected chi connectivity index (χ4v) is 3.27. The molecular formula is C21H21N5O. The minimum Gasteiger partial charge on any atom is -0.351 e. The highest BCUT2D eigenvalue weighted by Crippen LogP contribution is 2.32. The molecule has 0 aliphatic rings. The minimum absolute atomic E-state index is 0.109. The molecule has 0 aliphatic heterocycles. The summed E-state index contributed by atoms with van der Waals surface area (Å²) in [6.45, 7) is 1.35. The van der Waals surface area contributed by atoms with Crippen molar-refractivity contribution in [2.45, 2.75) is 0 Å². The number of pyridine rings is 1. The molecule has 4 rings (SSSR count). The van der Waals surface area contributed by atoms with Gasteiger partial charge in [0.15, 0.2) is 0 Å². The summed E-state index contributed by atoms with van der Waals surface area (Å²) in [4.78, 5) is 24.1. The second kappa shape index (κ2) is 7.17. The molecule has 3 aromatic heterocycles. The Labute approximate surface area is 157 Å². The van der Waals surface area contributed by atoms with E-state index in [9.17, 15) is 4.79 Å².